The molecule has 2 N–H and O–H groups in total. The first-order valence-corrected chi connectivity index (χ1v) is 7.36. The van der Waals surface area contributed by atoms with Gasteiger partial charge in [-0.15, -0.1) is 0 Å². The van der Waals surface area contributed by atoms with Crippen molar-refractivity contribution in [2.45, 2.75) is 45.2 Å². The van der Waals surface area contributed by atoms with Gasteiger partial charge in [-0.1, -0.05) is 12.1 Å². The van der Waals surface area contributed by atoms with Gasteiger partial charge >= 0.3 is 12.0 Å². The van der Waals surface area contributed by atoms with Gasteiger partial charge in [0.2, 0.25) is 0 Å². The van der Waals surface area contributed by atoms with Crippen LogP contribution in [-0.4, -0.2) is 34.1 Å². The van der Waals surface area contributed by atoms with Crippen LogP contribution in [0.2, 0.25) is 0 Å². The van der Waals surface area contributed by atoms with Gasteiger partial charge in [0.05, 0.1) is 5.92 Å². The van der Waals surface area contributed by atoms with E-state index in [9.17, 15) is 14.7 Å². The van der Waals surface area contributed by atoms with Crippen LogP contribution in [0.1, 0.15) is 30.4 Å². The number of hydrogen-bond acceptors (Lipinski definition) is 2. The van der Waals surface area contributed by atoms with Gasteiger partial charge in [0.15, 0.2) is 0 Å². The number of urea groups is 1. The molecule has 2 heterocycles. The monoisotopic (exact) mass is 288 g/mol. The highest BCUT2D eigenvalue weighted by molar-refractivity contribution is 5.92. The summed E-state index contributed by atoms with van der Waals surface area (Å²) in [5.74, 6) is -1.19. The molecule has 2 amide bonds. The zero-order chi connectivity index (χ0) is 15.1. The average molecular weight is 288 g/mol. The fraction of sp³-hybridized carbons (Fsp3) is 0.500. The van der Waals surface area contributed by atoms with E-state index in [0.717, 1.165) is 29.7 Å². The second-order valence-corrected chi connectivity index (χ2v) is 6.13. The van der Waals surface area contributed by atoms with E-state index in [1.807, 2.05) is 32.0 Å². The molecule has 2 aliphatic rings. The van der Waals surface area contributed by atoms with Crippen LogP contribution in [0, 0.1) is 19.8 Å². The largest absolute Gasteiger partial charge is 0.481 e. The number of carboxylic acids is 1. The lowest BCUT2D eigenvalue weighted by molar-refractivity contribution is -0.142. The van der Waals surface area contributed by atoms with Crippen molar-refractivity contribution < 1.29 is 14.7 Å². The maximum Gasteiger partial charge on any atom is 0.322 e. The number of amides is 2. The number of hydrogen-bond donors (Lipinski definition) is 2. The second kappa shape index (κ2) is 5.06. The van der Waals surface area contributed by atoms with E-state index in [1.54, 1.807) is 4.90 Å². The first-order chi connectivity index (χ1) is 9.97. The van der Waals surface area contributed by atoms with Gasteiger partial charge in [0.1, 0.15) is 0 Å². The normalized spacial score (nSPS) is 27.0. The predicted octanol–water partition coefficient (Wildman–Crippen LogP) is 2.77. The quantitative estimate of drug-likeness (QED) is 0.879. The molecule has 5 nitrogen and oxygen atoms in total. The second-order valence-electron chi connectivity index (χ2n) is 6.13. The average Bonchev–Trinajstić information content (AvgIpc) is 3.00. The van der Waals surface area contributed by atoms with Gasteiger partial charge in [0.25, 0.3) is 0 Å². The molecule has 2 aliphatic heterocycles. The molecule has 0 aliphatic carbocycles. The van der Waals surface area contributed by atoms with Crippen LogP contribution >= 0.6 is 0 Å². The Kier molecular flexibility index (Phi) is 3.35. The number of rotatable bonds is 2. The van der Waals surface area contributed by atoms with E-state index >= 15 is 0 Å². The first kappa shape index (κ1) is 13.9. The first-order valence-electron chi connectivity index (χ1n) is 7.36. The maximum absolute atomic E-state index is 12.5. The molecule has 0 spiro atoms. The van der Waals surface area contributed by atoms with Crippen molar-refractivity contribution in [1.82, 2.24) is 4.90 Å². The molecule has 3 atom stereocenters. The number of nitrogens with zero attached hydrogens (tertiary/aromatic N) is 1. The Hall–Kier alpha value is -2.04. The Balaban J connectivity index is 1.77. The molecular weight excluding hydrogens is 268 g/mol. The van der Waals surface area contributed by atoms with Crippen molar-refractivity contribution in [2.24, 2.45) is 5.92 Å². The molecule has 3 rings (SSSR count). The van der Waals surface area contributed by atoms with Gasteiger partial charge in [-0.05, 0) is 50.3 Å². The van der Waals surface area contributed by atoms with Gasteiger partial charge < -0.3 is 15.3 Å². The van der Waals surface area contributed by atoms with E-state index in [1.165, 1.54) is 0 Å². The molecule has 112 valence electrons. The highest BCUT2D eigenvalue weighted by Crippen LogP contribution is 2.42. The number of nitrogens with one attached hydrogen (secondary N) is 1. The third-order valence-corrected chi connectivity index (χ3v) is 4.72. The standard InChI is InChI=1S/C16H20N2O3/c1-9-3-4-10(2)13(7-9)17-16(21)18-11-5-6-14(18)12(8-11)15(19)20/h3-4,7,11-12,14H,5-6,8H2,1-2H3,(H,17,21)(H,19,20). The molecule has 3 unspecified atom stereocenters. The Morgan fingerprint density at radius 3 is 2.71 bits per heavy atom. The molecule has 0 radical (unpaired) electrons. The summed E-state index contributed by atoms with van der Waals surface area (Å²) in [6.07, 6.45) is 2.29. The lowest BCUT2D eigenvalue weighted by atomic mass is 9.89. The topological polar surface area (TPSA) is 69.6 Å². The molecule has 0 aromatic heterocycles. The van der Waals surface area contributed by atoms with E-state index in [0.29, 0.717) is 6.42 Å². The number of aliphatic carboxylic acids is 1. The van der Waals surface area contributed by atoms with Crippen molar-refractivity contribution in [2.75, 3.05) is 5.32 Å². The minimum Gasteiger partial charge on any atom is -0.481 e. The smallest absolute Gasteiger partial charge is 0.322 e. The minimum atomic E-state index is -0.785. The van der Waals surface area contributed by atoms with E-state index < -0.39 is 11.9 Å². The number of fused-ring (bicyclic) bond motifs is 2. The summed E-state index contributed by atoms with van der Waals surface area (Å²) in [6.45, 7) is 3.93. The summed E-state index contributed by atoms with van der Waals surface area (Å²) in [4.78, 5) is 25.5. The molecule has 2 fully saturated rings. The predicted molar refractivity (Wildman–Crippen MR) is 79.3 cm³/mol. The highest BCUT2D eigenvalue weighted by Gasteiger charge is 2.51. The van der Waals surface area contributed by atoms with E-state index in [4.69, 9.17) is 0 Å². The van der Waals surface area contributed by atoms with Crippen LogP contribution in [0.25, 0.3) is 0 Å². The number of carboxylic acid groups (broad SMARTS) is 1. The zero-order valence-electron chi connectivity index (χ0n) is 12.3. The van der Waals surface area contributed by atoms with Crippen LogP contribution in [-0.2, 0) is 4.79 Å². The van der Waals surface area contributed by atoms with Crippen LogP contribution in [0.4, 0.5) is 10.5 Å². The third-order valence-electron chi connectivity index (χ3n) is 4.72. The molecule has 2 saturated heterocycles. The van der Waals surface area contributed by atoms with Crippen LogP contribution in [0.3, 0.4) is 0 Å². The Labute approximate surface area is 123 Å². The van der Waals surface area contributed by atoms with Crippen molar-refractivity contribution >= 4 is 17.7 Å². The molecule has 0 saturated carbocycles. The van der Waals surface area contributed by atoms with Crippen LogP contribution in [0.5, 0.6) is 0 Å². The minimum absolute atomic E-state index is 0.0706. The molecule has 1 aromatic rings. The Morgan fingerprint density at radius 1 is 1.29 bits per heavy atom. The lowest BCUT2D eigenvalue weighted by Crippen LogP contribution is -2.40. The summed E-state index contributed by atoms with van der Waals surface area (Å²) in [5.41, 5.74) is 2.90. The number of carbonyl (C=O) groups excluding carboxylic acids is 1. The summed E-state index contributed by atoms with van der Waals surface area (Å²) < 4.78 is 0. The SMILES string of the molecule is Cc1ccc(C)c(NC(=O)N2C3CCC2C(C(=O)O)C3)c1. The van der Waals surface area contributed by atoms with Crippen molar-refractivity contribution in [3.8, 4) is 0 Å². The van der Waals surface area contributed by atoms with Gasteiger partial charge in [-0.3, -0.25) is 4.79 Å². The summed E-state index contributed by atoms with van der Waals surface area (Å²) >= 11 is 0. The molecule has 2 bridgehead atoms. The fourth-order valence-corrected chi connectivity index (χ4v) is 3.62. The number of anilines is 1. The van der Waals surface area contributed by atoms with Crippen LogP contribution in [0.15, 0.2) is 18.2 Å². The van der Waals surface area contributed by atoms with Gasteiger partial charge in [-0.2, -0.15) is 0 Å². The molecule has 1 aromatic carbocycles. The van der Waals surface area contributed by atoms with Crippen molar-refractivity contribution in [3.63, 3.8) is 0 Å². The molecular formula is C16H20N2O3. The van der Waals surface area contributed by atoms with E-state index in [-0.39, 0.29) is 18.1 Å². The number of aryl methyl sites for hydroxylation is 2. The van der Waals surface area contributed by atoms with E-state index in [2.05, 4.69) is 5.32 Å². The number of benzene rings is 1. The van der Waals surface area contributed by atoms with Gasteiger partial charge in [0, 0.05) is 17.8 Å². The van der Waals surface area contributed by atoms with Crippen LogP contribution < -0.4 is 5.32 Å². The summed E-state index contributed by atoms with van der Waals surface area (Å²) in [5, 5.41) is 12.2. The van der Waals surface area contributed by atoms with Crippen molar-refractivity contribution in [1.29, 1.82) is 0 Å². The third kappa shape index (κ3) is 2.37. The summed E-state index contributed by atoms with van der Waals surface area (Å²) in [7, 11) is 0. The zero-order valence-corrected chi connectivity index (χ0v) is 12.3. The lowest BCUT2D eigenvalue weighted by Gasteiger charge is -2.24. The Morgan fingerprint density at radius 2 is 2.05 bits per heavy atom. The van der Waals surface area contributed by atoms with Crippen molar-refractivity contribution in [3.05, 3.63) is 29.3 Å². The molecule has 21 heavy (non-hydrogen) atoms. The molecule has 5 heteroatoms. The fourth-order valence-electron chi connectivity index (χ4n) is 3.62. The van der Waals surface area contributed by atoms with Gasteiger partial charge in [-0.25, -0.2) is 4.79 Å². The Bertz CT molecular complexity index is 599. The summed E-state index contributed by atoms with van der Waals surface area (Å²) in [6, 6.07) is 5.67. The number of carbonyl (C=O) groups is 2. The maximum atomic E-state index is 12.5. The highest BCUT2D eigenvalue weighted by atomic mass is 16.4.